The molecule has 0 saturated carbocycles. The zero-order chi connectivity index (χ0) is 26.1. The molecule has 0 bridgehead atoms. The van der Waals surface area contributed by atoms with Crippen LogP contribution in [0.4, 0.5) is 4.79 Å². The molecular formula is C24H39N3O6S. The number of amides is 3. The highest BCUT2D eigenvalue weighted by Crippen LogP contribution is 2.30. The number of nitrogens with one attached hydrogen (secondary N) is 2. The van der Waals surface area contributed by atoms with Gasteiger partial charge in [-0.15, -0.1) is 0 Å². The standard InChI is InChI=1S/C24H39N3O6S/c1-23(2,3)26-20(30)19(16-10-8-9-11-18(16)29)27(13-14-28)21(31)17(12-15-34-7)25-22(32)33-24(4,5)6/h8-11,17,19,28-29H,12-15H2,1-7H3,(H,25,32)(H,26,30). The molecular weight excluding hydrogens is 458 g/mol. The zero-order valence-electron chi connectivity index (χ0n) is 21.2. The first kappa shape index (κ1) is 29.6. The third-order valence-corrected chi connectivity index (χ3v) is 5.16. The number of ether oxygens (including phenoxy) is 1. The maximum absolute atomic E-state index is 13.7. The Kier molecular flexibility index (Phi) is 11.2. The molecule has 0 aliphatic heterocycles. The lowest BCUT2D eigenvalue weighted by Crippen LogP contribution is -2.55. The molecule has 0 aromatic heterocycles. The van der Waals surface area contributed by atoms with Gasteiger partial charge in [-0.25, -0.2) is 4.79 Å². The van der Waals surface area contributed by atoms with E-state index in [4.69, 9.17) is 4.74 Å². The van der Waals surface area contributed by atoms with Crippen molar-refractivity contribution in [3.05, 3.63) is 29.8 Å². The van der Waals surface area contributed by atoms with Crippen molar-refractivity contribution in [1.82, 2.24) is 15.5 Å². The molecule has 1 aromatic carbocycles. The first-order chi connectivity index (χ1) is 15.7. The van der Waals surface area contributed by atoms with Crippen molar-refractivity contribution in [2.75, 3.05) is 25.2 Å². The van der Waals surface area contributed by atoms with Gasteiger partial charge in [0.05, 0.1) is 6.61 Å². The Morgan fingerprint density at radius 3 is 2.24 bits per heavy atom. The van der Waals surface area contributed by atoms with E-state index in [2.05, 4.69) is 10.6 Å². The van der Waals surface area contributed by atoms with Crippen molar-refractivity contribution >= 4 is 29.7 Å². The zero-order valence-corrected chi connectivity index (χ0v) is 22.0. The molecule has 192 valence electrons. The van der Waals surface area contributed by atoms with E-state index < -0.39 is 47.7 Å². The van der Waals surface area contributed by atoms with Crippen LogP contribution < -0.4 is 10.6 Å². The van der Waals surface area contributed by atoms with Gasteiger partial charge in [-0.3, -0.25) is 9.59 Å². The van der Waals surface area contributed by atoms with Gasteiger partial charge < -0.3 is 30.5 Å². The van der Waals surface area contributed by atoms with E-state index in [9.17, 15) is 24.6 Å². The molecule has 0 heterocycles. The number of aliphatic hydroxyl groups is 1. The molecule has 0 aliphatic carbocycles. The normalized spacial score (nSPS) is 13.5. The number of phenols is 1. The summed E-state index contributed by atoms with van der Waals surface area (Å²) in [6.45, 7) is 9.96. The van der Waals surface area contributed by atoms with Crippen LogP contribution in [0.5, 0.6) is 5.75 Å². The predicted octanol–water partition coefficient (Wildman–Crippen LogP) is 2.82. The number of hydrogen-bond acceptors (Lipinski definition) is 7. The number of thioether (sulfide) groups is 1. The van der Waals surface area contributed by atoms with Gasteiger partial charge in [0.1, 0.15) is 23.4 Å². The Hall–Kier alpha value is -2.46. The van der Waals surface area contributed by atoms with Crippen LogP contribution in [0, 0.1) is 0 Å². The van der Waals surface area contributed by atoms with Gasteiger partial charge in [0.2, 0.25) is 11.8 Å². The third kappa shape index (κ3) is 9.80. The van der Waals surface area contributed by atoms with Gasteiger partial charge in [-0.1, -0.05) is 18.2 Å². The fourth-order valence-corrected chi connectivity index (χ4v) is 3.70. The van der Waals surface area contributed by atoms with Gasteiger partial charge >= 0.3 is 6.09 Å². The number of carbonyl (C=O) groups is 3. The first-order valence-electron chi connectivity index (χ1n) is 11.2. The topological polar surface area (TPSA) is 128 Å². The molecule has 34 heavy (non-hydrogen) atoms. The molecule has 1 aromatic rings. The summed E-state index contributed by atoms with van der Waals surface area (Å²) in [5.74, 6) is -0.676. The van der Waals surface area contributed by atoms with Crippen molar-refractivity contribution in [3.63, 3.8) is 0 Å². The van der Waals surface area contributed by atoms with Crippen LogP contribution in [0.25, 0.3) is 0 Å². The van der Waals surface area contributed by atoms with Crippen LogP contribution in [0.15, 0.2) is 24.3 Å². The molecule has 10 heteroatoms. The Morgan fingerprint density at radius 2 is 1.74 bits per heavy atom. The SMILES string of the molecule is CSCCC(NC(=O)OC(C)(C)C)C(=O)N(CCO)C(C(=O)NC(C)(C)C)c1ccccc1O. The maximum atomic E-state index is 13.7. The van der Waals surface area contributed by atoms with Gasteiger partial charge in [0, 0.05) is 17.6 Å². The Balaban J connectivity index is 3.44. The van der Waals surface area contributed by atoms with Gasteiger partial charge in [-0.05, 0) is 66.0 Å². The van der Waals surface area contributed by atoms with E-state index >= 15 is 0 Å². The van der Waals surface area contributed by atoms with E-state index in [1.54, 1.807) is 59.7 Å². The number of hydrogen-bond donors (Lipinski definition) is 4. The van der Waals surface area contributed by atoms with Crippen LogP contribution in [-0.4, -0.2) is 75.4 Å². The van der Waals surface area contributed by atoms with Crippen LogP contribution in [0.1, 0.15) is 59.6 Å². The van der Waals surface area contributed by atoms with E-state index in [0.717, 1.165) is 0 Å². The maximum Gasteiger partial charge on any atom is 0.408 e. The number of nitrogens with zero attached hydrogens (tertiary/aromatic N) is 1. The first-order valence-corrected chi connectivity index (χ1v) is 12.6. The average Bonchev–Trinajstić information content (AvgIpc) is 2.68. The second-order valence-electron chi connectivity index (χ2n) is 9.94. The van der Waals surface area contributed by atoms with Crippen molar-refractivity contribution in [1.29, 1.82) is 0 Å². The molecule has 0 saturated heterocycles. The van der Waals surface area contributed by atoms with E-state index in [1.807, 2.05) is 6.26 Å². The van der Waals surface area contributed by atoms with E-state index in [0.29, 0.717) is 5.75 Å². The molecule has 2 atom stereocenters. The highest BCUT2D eigenvalue weighted by atomic mass is 32.2. The molecule has 0 aliphatic rings. The number of rotatable bonds is 10. The number of aromatic hydroxyl groups is 1. The summed E-state index contributed by atoms with van der Waals surface area (Å²) in [5, 5.41) is 25.7. The molecule has 9 nitrogen and oxygen atoms in total. The minimum atomic E-state index is -1.22. The lowest BCUT2D eigenvalue weighted by molar-refractivity contribution is -0.143. The molecule has 1 rings (SSSR count). The van der Waals surface area contributed by atoms with Crippen molar-refractivity contribution in [2.24, 2.45) is 0 Å². The largest absolute Gasteiger partial charge is 0.508 e. The number of benzene rings is 1. The smallest absolute Gasteiger partial charge is 0.408 e. The average molecular weight is 498 g/mol. The fourth-order valence-electron chi connectivity index (χ4n) is 3.22. The third-order valence-electron chi connectivity index (χ3n) is 4.51. The summed E-state index contributed by atoms with van der Waals surface area (Å²) in [6.07, 6.45) is 1.41. The highest BCUT2D eigenvalue weighted by molar-refractivity contribution is 7.98. The monoisotopic (exact) mass is 497 g/mol. The summed E-state index contributed by atoms with van der Waals surface area (Å²) >= 11 is 1.50. The minimum Gasteiger partial charge on any atom is -0.508 e. The summed E-state index contributed by atoms with van der Waals surface area (Å²) < 4.78 is 5.32. The summed E-state index contributed by atoms with van der Waals surface area (Å²) in [4.78, 5) is 40.7. The molecule has 0 radical (unpaired) electrons. The number of para-hydroxylation sites is 1. The second-order valence-corrected chi connectivity index (χ2v) is 10.9. The lowest BCUT2D eigenvalue weighted by Gasteiger charge is -2.35. The fraction of sp³-hybridized carbons (Fsp3) is 0.625. The number of alkyl carbamates (subject to hydrolysis) is 1. The van der Waals surface area contributed by atoms with Crippen molar-refractivity contribution in [3.8, 4) is 5.75 Å². The highest BCUT2D eigenvalue weighted by Gasteiger charge is 2.38. The summed E-state index contributed by atoms with van der Waals surface area (Å²) in [6, 6.07) is 4.03. The number of carbonyl (C=O) groups excluding carboxylic acids is 3. The van der Waals surface area contributed by atoms with Crippen LogP contribution in [0.2, 0.25) is 0 Å². The minimum absolute atomic E-state index is 0.159. The Bertz CT molecular complexity index is 835. The van der Waals surface area contributed by atoms with Gasteiger partial charge in [0.15, 0.2) is 0 Å². The number of aliphatic hydroxyl groups excluding tert-OH is 1. The second kappa shape index (κ2) is 12.9. The quantitative estimate of drug-likeness (QED) is 0.391. The van der Waals surface area contributed by atoms with Gasteiger partial charge in [-0.2, -0.15) is 11.8 Å². The van der Waals surface area contributed by atoms with Crippen molar-refractivity contribution < 1.29 is 29.3 Å². The van der Waals surface area contributed by atoms with E-state index in [1.165, 1.54) is 22.7 Å². The van der Waals surface area contributed by atoms with Crippen molar-refractivity contribution in [2.45, 2.75) is 71.2 Å². The lowest BCUT2D eigenvalue weighted by atomic mass is 9.99. The van der Waals surface area contributed by atoms with E-state index in [-0.39, 0.29) is 24.3 Å². The van der Waals surface area contributed by atoms with Crippen LogP contribution in [0.3, 0.4) is 0 Å². The Morgan fingerprint density at radius 1 is 1.12 bits per heavy atom. The Labute approximate surface area is 206 Å². The molecule has 0 spiro atoms. The molecule has 3 amide bonds. The van der Waals surface area contributed by atoms with Gasteiger partial charge in [0.25, 0.3) is 0 Å². The molecule has 0 fully saturated rings. The summed E-state index contributed by atoms with van der Waals surface area (Å²) in [7, 11) is 0. The molecule has 2 unspecified atom stereocenters. The van der Waals surface area contributed by atoms with Crippen LogP contribution in [-0.2, 0) is 14.3 Å². The predicted molar refractivity (Wildman–Crippen MR) is 134 cm³/mol. The summed E-state index contributed by atoms with van der Waals surface area (Å²) in [5.41, 5.74) is -1.15. The molecule has 4 N–H and O–H groups in total. The number of phenolic OH excluding ortho intramolecular Hbond substituents is 1. The van der Waals surface area contributed by atoms with Crippen LogP contribution >= 0.6 is 11.8 Å².